The highest BCUT2D eigenvalue weighted by molar-refractivity contribution is 6.07. The Morgan fingerprint density at radius 3 is 2.68 bits per heavy atom. The third-order valence-electron chi connectivity index (χ3n) is 5.65. The summed E-state index contributed by atoms with van der Waals surface area (Å²) in [6.45, 7) is 6.03. The van der Waals surface area contributed by atoms with Gasteiger partial charge in [-0.2, -0.15) is 0 Å². The lowest BCUT2D eigenvalue weighted by molar-refractivity contribution is -0.148. The van der Waals surface area contributed by atoms with Gasteiger partial charge in [-0.05, 0) is 56.4 Å². The number of aryl methyl sites for hydroxylation is 3. The highest BCUT2D eigenvalue weighted by Crippen LogP contribution is 2.34. The summed E-state index contributed by atoms with van der Waals surface area (Å²) in [6, 6.07) is 0.976. The van der Waals surface area contributed by atoms with Crippen LogP contribution in [0.3, 0.4) is 0 Å². The molecule has 3 heterocycles. The van der Waals surface area contributed by atoms with E-state index in [2.05, 4.69) is 0 Å². The monoisotopic (exact) mass is 383 g/mol. The number of hydrogen-bond acceptors (Lipinski definition) is 5. The predicted octanol–water partition coefficient (Wildman–Crippen LogP) is 3.08. The van der Waals surface area contributed by atoms with Crippen LogP contribution in [0.25, 0.3) is 21.9 Å². The molecule has 1 aromatic carbocycles. The molecular weight excluding hydrogens is 362 g/mol. The van der Waals surface area contributed by atoms with Crippen molar-refractivity contribution in [1.29, 1.82) is 0 Å². The van der Waals surface area contributed by atoms with Crippen LogP contribution in [0.1, 0.15) is 35.1 Å². The number of benzene rings is 1. The van der Waals surface area contributed by atoms with E-state index in [4.69, 9.17) is 8.83 Å². The van der Waals surface area contributed by atoms with Gasteiger partial charge in [0.05, 0.1) is 23.6 Å². The number of carboxylic acids is 1. The largest absolute Gasteiger partial charge is 0.480 e. The first kappa shape index (κ1) is 18.3. The number of carbonyl (C=O) groups excluding carboxylic acids is 1. The first-order valence-electron chi connectivity index (χ1n) is 9.25. The zero-order valence-corrected chi connectivity index (χ0v) is 16.0. The number of rotatable bonds is 3. The van der Waals surface area contributed by atoms with Crippen molar-refractivity contribution in [2.24, 2.45) is 0 Å². The van der Waals surface area contributed by atoms with Gasteiger partial charge in [-0.1, -0.05) is 0 Å². The molecule has 1 unspecified atom stereocenters. The molecule has 1 amide bonds. The zero-order chi connectivity index (χ0) is 20.2. The molecule has 1 atom stereocenters. The molecule has 1 saturated heterocycles. The lowest BCUT2D eigenvalue weighted by atomic mass is 9.98. The molecule has 28 heavy (non-hydrogen) atoms. The minimum Gasteiger partial charge on any atom is -0.480 e. The molecule has 1 N–H and O–H groups in total. The molecule has 0 aliphatic carbocycles. The third-order valence-corrected chi connectivity index (χ3v) is 5.65. The molecule has 7 nitrogen and oxygen atoms in total. The van der Waals surface area contributed by atoms with Crippen LogP contribution in [0.2, 0.25) is 0 Å². The molecule has 1 fully saturated rings. The van der Waals surface area contributed by atoms with Gasteiger partial charge in [-0.3, -0.25) is 4.79 Å². The van der Waals surface area contributed by atoms with Crippen LogP contribution in [0, 0.1) is 20.8 Å². The second-order valence-corrected chi connectivity index (χ2v) is 7.44. The van der Waals surface area contributed by atoms with E-state index in [9.17, 15) is 19.5 Å². The van der Waals surface area contributed by atoms with Gasteiger partial charge in [0.1, 0.15) is 17.2 Å². The molecule has 0 spiro atoms. The first-order valence-corrected chi connectivity index (χ1v) is 9.25. The van der Waals surface area contributed by atoms with Crippen molar-refractivity contribution >= 4 is 33.8 Å². The Bertz CT molecular complexity index is 1190. The van der Waals surface area contributed by atoms with Gasteiger partial charge in [-0.25, -0.2) is 9.59 Å². The second-order valence-electron chi connectivity index (χ2n) is 7.44. The molecule has 7 heteroatoms. The molecule has 4 rings (SSSR count). The van der Waals surface area contributed by atoms with Crippen LogP contribution >= 0.6 is 0 Å². The van der Waals surface area contributed by atoms with E-state index in [1.165, 1.54) is 4.90 Å². The molecule has 0 bridgehead atoms. The van der Waals surface area contributed by atoms with E-state index in [1.54, 1.807) is 19.3 Å². The molecule has 0 saturated carbocycles. The zero-order valence-electron chi connectivity index (χ0n) is 16.0. The number of aliphatic carboxylic acids is 1. The van der Waals surface area contributed by atoms with Crippen molar-refractivity contribution in [1.82, 2.24) is 4.90 Å². The van der Waals surface area contributed by atoms with Gasteiger partial charge in [-0.15, -0.1) is 0 Å². The number of nitrogens with zero attached hydrogens (tertiary/aromatic N) is 1. The van der Waals surface area contributed by atoms with Crippen molar-refractivity contribution < 1.29 is 23.5 Å². The summed E-state index contributed by atoms with van der Waals surface area (Å²) in [5.41, 5.74) is 3.28. The maximum atomic E-state index is 12.8. The van der Waals surface area contributed by atoms with Gasteiger partial charge < -0.3 is 18.8 Å². The molecule has 1 aliphatic heterocycles. The summed E-state index contributed by atoms with van der Waals surface area (Å²) in [5.74, 6) is -1.39. The van der Waals surface area contributed by atoms with E-state index < -0.39 is 17.6 Å². The van der Waals surface area contributed by atoms with Crippen molar-refractivity contribution in [3.8, 4) is 0 Å². The number of furan rings is 1. The van der Waals surface area contributed by atoms with E-state index in [1.807, 2.05) is 13.8 Å². The maximum absolute atomic E-state index is 12.8. The second kappa shape index (κ2) is 6.51. The number of carbonyl (C=O) groups is 2. The molecule has 1 aliphatic rings. The topological polar surface area (TPSA) is 101 Å². The number of likely N-dealkylation sites (tertiary alicyclic amines) is 1. The summed E-state index contributed by atoms with van der Waals surface area (Å²) >= 11 is 0. The van der Waals surface area contributed by atoms with Gasteiger partial charge >= 0.3 is 11.6 Å². The number of fused-ring (bicyclic) bond motifs is 3. The van der Waals surface area contributed by atoms with Crippen LogP contribution in [-0.4, -0.2) is 34.5 Å². The first-order chi connectivity index (χ1) is 13.3. The summed E-state index contributed by atoms with van der Waals surface area (Å²) in [5, 5.41) is 10.9. The van der Waals surface area contributed by atoms with Gasteiger partial charge in [0.2, 0.25) is 5.91 Å². The number of carboxylic acid groups (broad SMARTS) is 1. The summed E-state index contributed by atoms with van der Waals surface area (Å²) in [4.78, 5) is 38.1. The number of amides is 1. The number of hydrogen-bond donors (Lipinski definition) is 1. The molecule has 0 radical (unpaired) electrons. The predicted molar refractivity (Wildman–Crippen MR) is 103 cm³/mol. The van der Waals surface area contributed by atoms with Gasteiger partial charge in [0.25, 0.3) is 0 Å². The minimum atomic E-state index is -1.02. The van der Waals surface area contributed by atoms with E-state index in [0.29, 0.717) is 41.5 Å². The summed E-state index contributed by atoms with van der Waals surface area (Å²) in [6.07, 6.45) is 2.54. The lowest BCUT2D eigenvalue weighted by Crippen LogP contribution is -2.41. The van der Waals surface area contributed by atoms with Crippen molar-refractivity contribution in [2.45, 2.75) is 46.1 Å². The van der Waals surface area contributed by atoms with Gasteiger partial charge in [0, 0.05) is 11.9 Å². The SMILES string of the molecule is Cc1coc2c1c(C)cc1oc(=O)c(CC(=O)N3CCCC3C(=O)O)c(C)c12. The highest BCUT2D eigenvalue weighted by Gasteiger charge is 2.34. The van der Waals surface area contributed by atoms with Crippen LogP contribution in [0.5, 0.6) is 0 Å². The molecule has 146 valence electrons. The average molecular weight is 383 g/mol. The average Bonchev–Trinajstić information content (AvgIpc) is 3.25. The normalized spacial score (nSPS) is 17.0. The van der Waals surface area contributed by atoms with Crippen LogP contribution in [-0.2, 0) is 16.0 Å². The Kier molecular flexibility index (Phi) is 4.25. The standard InChI is InChI=1S/C21H21NO6/c1-10-7-15-18(19-17(10)11(2)9-27-19)12(3)13(21(26)28-15)8-16(23)22-6-4-5-14(22)20(24)25/h7,9,14H,4-6,8H2,1-3H3,(H,24,25). The van der Waals surface area contributed by atoms with Crippen LogP contribution in [0.4, 0.5) is 0 Å². The fraction of sp³-hybridized carbons (Fsp3) is 0.381. The van der Waals surface area contributed by atoms with E-state index in [0.717, 1.165) is 16.5 Å². The fourth-order valence-electron chi connectivity index (χ4n) is 4.25. The van der Waals surface area contributed by atoms with E-state index in [-0.39, 0.29) is 17.9 Å². The summed E-state index contributed by atoms with van der Waals surface area (Å²) in [7, 11) is 0. The fourth-order valence-corrected chi connectivity index (χ4v) is 4.25. The van der Waals surface area contributed by atoms with Crippen LogP contribution < -0.4 is 5.63 Å². The Hall–Kier alpha value is -3.09. The van der Waals surface area contributed by atoms with Crippen molar-refractivity contribution in [3.63, 3.8) is 0 Å². The highest BCUT2D eigenvalue weighted by atomic mass is 16.4. The Morgan fingerprint density at radius 1 is 1.21 bits per heavy atom. The Morgan fingerprint density at radius 2 is 1.96 bits per heavy atom. The Balaban J connectivity index is 1.83. The molecular formula is C21H21NO6. The van der Waals surface area contributed by atoms with Gasteiger partial charge in [0.15, 0.2) is 0 Å². The van der Waals surface area contributed by atoms with E-state index >= 15 is 0 Å². The maximum Gasteiger partial charge on any atom is 0.340 e. The quantitative estimate of drug-likeness (QED) is 0.698. The van der Waals surface area contributed by atoms with Crippen molar-refractivity contribution in [3.05, 3.63) is 45.0 Å². The van der Waals surface area contributed by atoms with Crippen LogP contribution in [0.15, 0.2) is 26.0 Å². The lowest BCUT2D eigenvalue weighted by Gasteiger charge is -2.21. The van der Waals surface area contributed by atoms with Crippen molar-refractivity contribution in [2.75, 3.05) is 6.54 Å². The smallest absolute Gasteiger partial charge is 0.340 e. The Labute approximate surface area is 160 Å². The summed E-state index contributed by atoms with van der Waals surface area (Å²) < 4.78 is 11.2. The molecule has 2 aromatic heterocycles. The molecule has 3 aromatic rings. The minimum absolute atomic E-state index is 0.192. The third kappa shape index (κ3) is 2.69.